The molecule has 0 radical (unpaired) electrons. The van der Waals surface area contributed by atoms with Crippen molar-refractivity contribution in [1.29, 1.82) is 0 Å². The first-order valence-corrected chi connectivity index (χ1v) is 14.2. The quantitative estimate of drug-likeness (QED) is 0.374. The van der Waals surface area contributed by atoms with Crippen molar-refractivity contribution in [2.75, 3.05) is 20.1 Å². The highest BCUT2D eigenvalue weighted by molar-refractivity contribution is 7.13. The summed E-state index contributed by atoms with van der Waals surface area (Å²) in [6.07, 6.45) is 0.0743. The van der Waals surface area contributed by atoms with Crippen molar-refractivity contribution in [3.8, 4) is 0 Å². The Kier molecular flexibility index (Phi) is 7.34. The van der Waals surface area contributed by atoms with E-state index in [-0.39, 0.29) is 18.4 Å². The Morgan fingerprint density at radius 1 is 1.15 bits per heavy atom. The second-order valence-corrected chi connectivity index (χ2v) is 13.0. The van der Waals surface area contributed by atoms with Crippen molar-refractivity contribution in [2.24, 2.45) is 5.41 Å². The standard InChI is InChI=1S/C27H33ClN6O4S/c1-27(2,3)22-21(32-24(36)25-31-17-7-9-33(4)13-20(17)39-25)18(8-10-34(22)26(37)38)30-23(35)19-12-14-11-15(28)5-6-16(14)29-19/h5-6,11-12,18,21-22,29H,7-10,13H2,1-4H3,(H,30,35)(H,32,36)(H,37,38)/t18-,21+,22?/m0/s1. The SMILES string of the molecule is CN1CCc2nc(C(=O)N[C@H]3C(C(C)(C)C)N(C(=O)O)CC[C@@H]3NC(=O)c3cc4cc(Cl)ccc4[nH]3)sc2C1. The lowest BCUT2D eigenvalue weighted by molar-refractivity contribution is 0.0226. The van der Waals surface area contributed by atoms with Gasteiger partial charge in [-0.2, -0.15) is 0 Å². The van der Waals surface area contributed by atoms with Gasteiger partial charge < -0.3 is 30.5 Å². The number of hydrogen-bond donors (Lipinski definition) is 4. The molecule has 2 aromatic heterocycles. The molecule has 208 valence electrons. The first kappa shape index (κ1) is 27.4. The molecule has 2 aliphatic heterocycles. The molecule has 3 aromatic rings. The fourth-order valence-electron chi connectivity index (χ4n) is 5.68. The van der Waals surface area contributed by atoms with Gasteiger partial charge in [0, 0.05) is 46.9 Å². The van der Waals surface area contributed by atoms with E-state index in [1.807, 2.05) is 33.9 Å². The average molecular weight is 573 g/mol. The van der Waals surface area contributed by atoms with E-state index in [0.717, 1.165) is 41.0 Å². The summed E-state index contributed by atoms with van der Waals surface area (Å²) >= 11 is 7.47. The predicted molar refractivity (Wildman–Crippen MR) is 151 cm³/mol. The lowest BCUT2D eigenvalue weighted by Gasteiger charge is -2.50. The molecule has 1 unspecified atom stereocenters. The lowest BCUT2D eigenvalue weighted by Crippen LogP contribution is -2.69. The maximum Gasteiger partial charge on any atom is 0.407 e. The molecule has 0 saturated carbocycles. The van der Waals surface area contributed by atoms with Crippen molar-refractivity contribution in [3.63, 3.8) is 0 Å². The van der Waals surface area contributed by atoms with Gasteiger partial charge in [0.1, 0.15) is 5.69 Å². The maximum absolute atomic E-state index is 13.5. The third-order valence-corrected chi connectivity index (χ3v) is 8.80. The van der Waals surface area contributed by atoms with E-state index < -0.39 is 29.6 Å². The van der Waals surface area contributed by atoms with Gasteiger partial charge in [0.2, 0.25) is 0 Å². The van der Waals surface area contributed by atoms with Crippen LogP contribution in [0.3, 0.4) is 0 Å². The number of carboxylic acid groups (broad SMARTS) is 1. The minimum Gasteiger partial charge on any atom is -0.465 e. The average Bonchev–Trinajstić information content (AvgIpc) is 3.47. The van der Waals surface area contributed by atoms with Crippen LogP contribution < -0.4 is 10.6 Å². The highest BCUT2D eigenvalue weighted by Crippen LogP contribution is 2.34. The zero-order chi connectivity index (χ0) is 28.1. The molecule has 3 atom stereocenters. The molecule has 4 N–H and O–H groups in total. The molecule has 0 spiro atoms. The molecular weight excluding hydrogens is 540 g/mol. The molecule has 3 amide bonds. The molecule has 2 aliphatic rings. The summed E-state index contributed by atoms with van der Waals surface area (Å²) in [5.41, 5.74) is 1.56. The molecule has 12 heteroatoms. The van der Waals surface area contributed by atoms with E-state index in [2.05, 4.69) is 25.5 Å². The van der Waals surface area contributed by atoms with Gasteiger partial charge in [-0.25, -0.2) is 9.78 Å². The number of thiazole rings is 1. The van der Waals surface area contributed by atoms with Crippen LogP contribution in [0.25, 0.3) is 10.9 Å². The molecule has 1 fully saturated rings. The first-order valence-electron chi connectivity index (χ1n) is 13.0. The smallest absolute Gasteiger partial charge is 0.407 e. The van der Waals surface area contributed by atoms with Gasteiger partial charge in [0.25, 0.3) is 11.8 Å². The van der Waals surface area contributed by atoms with E-state index in [1.165, 1.54) is 16.2 Å². The number of aromatic amines is 1. The predicted octanol–water partition coefficient (Wildman–Crippen LogP) is 3.96. The molecule has 1 saturated heterocycles. The number of fused-ring (bicyclic) bond motifs is 2. The highest BCUT2D eigenvalue weighted by Gasteiger charge is 2.47. The number of rotatable bonds is 4. The number of carbonyl (C=O) groups is 3. The Balaban J connectivity index is 1.44. The number of piperidine rings is 1. The number of H-pyrrole nitrogens is 1. The van der Waals surface area contributed by atoms with Crippen molar-refractivity contribution in [1.82, 2.24) is 30.4 Å². The third-order valence-electron chi connectivity index (χ3n) is 7.48. The van der Waals surface area contributed by atoms with Crippen LogP contribution in [-0.2, 0) is 13.0 Å². The Labute approximate surface area is 235 Å². The van der Waals surface area contributed by atoms with E-state index in [9.17, 15) is 19.5 Å². The lowest BCUT2D eigenvalue weighted by atomic mass is 9.75. The number of aromatic nitrogens is 2. The summed E-state index contributed by atoms with van der Waals surface area (Å²) in [6.45, 7) is 7.68. The molecular formula is C27H33ClN6O4S. The minimum absolute atomic E-state index is 0.231. The summed E-state index contributed by atoms with van der Waals surface area (Å²) in [5, 5.41) is 17.9. The maximum atomic E-state index is 13.5. The third kappa shape index (κ3) is 5.61. The van der Waals surface area contributed by atoms with Crippen LogP contribution >= 0.6 is 22.9 Å². The molecule has 0 aliphatic carbocycles. The number of amides is 3. The fraction of sp³-hybridized carbons (Fsp3) is 0.481. The van der Waals surface area contributed by atoms with Crippen LogP contribution in [0.2, 0.25) is 5.02 Å². The van der Waals surface area contributed by atoms with E-state index in [1.54, 1.807) is 18.2 Å². The Bertz CT molecular complexity index is 1430. The summed E-state index contributed by atoms with van der Waals surface area (Å²) < 4.78 is 0. The normalized spacial score (nSPS) is 22.0. The van der Waals surface area contributed by atoms with E-state index in [0.29, 0.717) is 22.1 Å². The monoisotopic (exact) mass is 572 g/mol. The number of likely N-dealkylation sites (tertiary alicyclic amines) is 1. The molecule has 10 nitrogen and oxygen atoms in total. The number of benzene rings is 1. The number of likely N-dealkylation sites (N-methyl/N-ethyl adjacent to an activating group) is 1. The van der Waals surface area contributed by atoms with Crippen LogP contribution in [0.4, 0.5) is 4.79 Å². The molecule has 5 rings (SSSR count). The van der Waals surface area contributed by atoms with Crippen LogP contribution in [-0.4, -0.2) is 81.0 Å². The first-order chi connectivity index (χ1) is 18.4. The second-order valence-electron chi connectivity index (χ2n) is 11.4. The number of nitrogens with zero attached hydrogens (tertiary/aromatic N) is 3. The number of halogens is 1. The molecule has 39 heavy (non-hydrogen) atoms. The van der Waals surface area contributed by atoms with Crippen LogP contribution in [0.1, 0.15) is 58.1 Å². The molecule has 1 aromatic carbocycles. The van der Waals surface area contributed by atoms with Gasteiger partial charge in [-0.1, -0.05) is 32.4 Å². The fourth-order valence-corrected chi connectivity index (χ4v) is 6.95. The molecule has 0 bridgehead atoms. The number of carbonyl (C=O) groups excluding carboxylic acids is 2. The van der Waals surface area contributed by atoms with Gasteiger partial charge >= 0.3 is 6.09 Å². The summed E-state index contributed by atoms with van der Waals surface area (Å²) in [7, 11) is 2.04. The zero-order valence-corrected chi connectivity index (χ0v) is 23.9. The van der Waals surface area contributed by atoms with E-state index in [4.69, 9.17) is 11.6 Å². The zero-order valence-electron chi connectivity index (χ0n) is 22.4. The van der Waals surface area contributed by atoms with Gasteiger partial charge in [-0.15, -0.1) is 11.3 Å². The summed E-state index contributed by atoms with van der Waals surface area (Å²) in [4.78, 5) is 51.5. The second kappa shape index (κ2) is 10.4. The summed E-state index contributed by atoms with van der Waals surface area (Å²) in [6, 6.07) is 5.31. The highest BCUT2D eigenvalue weighted by atomic mass is 35.5. The topological polar surface area (TPSA) is 131 Å². The summed E-state index contributed by atoms with van der Waals surface area (Å²) in [5.74, 6) is -0.696. The van der Waals surface area contributed by atoms with Gasteiger partial charge in [-0.05, 0) is 43.1 Å². The minimum atomic E-state index is -1.06. The largest absolute Gasteiger partial charge is 0.465 e. The molecule has 4 heterocycles. The van der Waals surface area contributed by atoms with Crippen molar-refractivity contribution < 1.29 is 19.5 Å². The van der Waals surface area contributed by atoms with Crippen molar-refractivity contribution in [2.45, 2.75) is 58.3 Å². The Morgan fingerprint density at radius 3 is 2.64 bits per heavy atom. The number of hydrogen-bond acceptors (Lipinski definition) is 6. The van der Waals surface area contributed by atoms with Gasteiger partial charge in [0.15, 0.2) is 5.01 Å². The Morgan fingerprint density at radius 2 is 1.92 bits per heavy atom. The van der Waals surface area contributed by atoms with Crippen molar-refractivity contribution >= 4 is 51.7 Å². The Hall–Kier alpha value is -3.15. The number of nitrogens with one attached hydrogen (secondary N) is 3. The van der Waals surface area contributed by atoms with Crippen molar-refractivity contribution in [3.05, 3.63) is 50.6 Å². The van der Waals surface area contributed by atoms with Gasteiger partial charge in [0.05, 0.1) is 23.8 Å². The van der Waals surface area contributed by atoms with Crippen LogP contribution in [0, 0.1) is 5.41 Å². The van der Waals surface area contributed by atoms with Gasteiger partial charge in [-0.3, -0.25) is 9.59 Å². The van der Waals surface area contributed by atoms with E-state index >= 15 is 0 Å². The van der Waals surface area contributed by atoms with Crippen LogP contribution in [0.15, 0.2) is 24.3 Å². The van der Waals surface area contributed by atoms with Crippen LogP contribution in [0.5, 0.6) is 0 Å².